The summed E-state index contributed by atoms with van der Waals surface area (Å²) in [5.41, 5.74) is 3.69. The Bertz CT molecular complexity index is 651. The van der Waals surface area contributed by atoms with Gasteiger partial charge in [-0.3, -0.25) is 4.90 Å². The van der Waals surface area contributed by atoms with Crippen LogP contribution in [0.3, 0.4) is 0 Å². The Morgan fingerprint density at radius 3 is 2.43 bits per heavy atom. The van der Waals surface area contributed by atoms with Crippen molar-refractivity contribution in [2.24, 2.45) is 0 Å². The Kier molecular flexibility index (Phi) is 5.50. The van der Waals surface area contributed by atoms with Crippen molar-refractivity contribution in [2.75, 3.05) is 19.6 Å². The van der Waals surface area contributed by atoms with Gasteiger partial charge in [-0.15, -0.1) is 0 Å². The third-order valence-corrected chi connectivity index (χ3v) is 4.66. The van der Waals surface area contributed by atoms with E-state index in [9.17, 15) is 5.11 Å². The number of hydrogen-bond acceptors (Lipinski definition) is 2. The van der Waals surface area contributed by atoms with Gasteiger partial charge >= 0.3 is 0 Å². The molecule has 0 saturated carbocycles. The van der Waals surface area contributed by atoms with Crippen LogP contribution in [0.15, 0.2) is 60.7 Å². The topological polar surface area (TPSA) is 23.5 Å². The van der Waals surface area contributed by atoms with Crippen molar-refractivity contribution in [1.82, 2.24) is 4.90 Å². The van der Waals surface area contributed by atoms with Crippen molar-refractivity contribution in [1.29, 1.82) is 0 Å². The van der Waals surface area contributed by atoms with E-state index in [0.29, 0.717) is 5.02 Å². The van der Waals surface area contributed by atoms with Crippen LogP contribution in [-0.2, 0) is 0 Å². The second-order valence-electron chi connectivity index (χ2n) is 6.00. The zero-order valence-electron chi connectivity index (χ0n) is 13.2. The summed E-state index contributed by atoms with van der Waals surface area (Å²) in [6, 6.07) is 18.0. The van der Waals surface area contributed by atoms with E-state index in [0.717, 1.165) is 38.0 Å². The minimum Gasteiger partial charge on any atom is -0.388 e. The molecule has 0 aromatic heterocycles. The van der Waals surface area contributed by atoms with Gasteiger partial charge in [0.2, 0.25) is 0 Å². The Morgan fingerprint density at radius 1 is 1.04 bits per heavy atom. The van der Waals surface area contributed by atoms with E-state index < -0.39 is 6.10 Å². The van der Waals surface area contributed by atoms with Crippen LogP contribution < -0.4 is 0 Å². The van der Waals surface area contributed by atoms with Gasteiger partial charge in [-0.05, 0) is 41.7 Å². The van der Waals surface area contributed by atoms with E-state index in [2.05, 4.69) is 41.3 Å². The molecule has 1 unspecified atom stereocenters. The van der Waals surface area contributed by atoms with E-state index in [1.165, 1.54) is 11.1 Å². The van der Waals surface area contributed by atoms with E-state index >= 15 is 0 Å². The molecule has 1 N–H and O–H groups in total. The Labute approximate surface area is 143 Å². The molecule has 3 heteroatoms. The van der Waals surface area contributed by atoms with Gasteiger partial charge in [-0.2, -0.15) is 0 Å². The van der Waals surface area contributed by atoms with Crippen LogP contribution in [0.1, 0.15) is 30.1 Å². The smallest absolute Gasteiger partial charge is 0.0802 e. The number of rotatable bonds is 5. The summed E-state index contributed by atoms with van der Waals surface area (Å²) in [6.07, 6.45) is 3.71. The first-order chi connectivity index (χ1) is 11.2. The van der Waals surface area contributed by atoms with Crippen molar-refractivity contribution in [2.45, 2.75) is 18.9 Å². The lowest BCUT2D eigenvalue weighted by Crippen LogP contribution is -2.30. The summed E-state index contributed by atoms with van der Waals surface area (Å²) < 4.78 is 0. The molecule has 0 saturated heterocycles. The molecule has 1 atom stereocenters. The van der Waals surface area contributed by atoms with Gasteiger partial charge in [0, 0.05) is 24.7 Å². The highest BCUT2D eigenvalue weighted by molar-refractivity contribution is 6.30. The van der Waals surface area contributed by atoms with E-state index in [-0.39, 0.29) is 0 Å². The highest BCUT2D eigenvalue weighted by Gasteiger charge is 2.15. The van der Waals surface area contributed by atoms with E-state index in [1.807, 2.05) is 24.3 Å². The number of aliphatic hydroxyl groups is 1. The second-order valence-corrected chi connectivity index (χ2v) is 6.44. The third kappa shape index (κ3) is 4.44. The van der Waals surface area contributed by atoms with Gasteiger partial charge < -0.3 is 5.11 Å². The molecule has 0 radical (unpaired) electrons. The standard InChI is InChI=1S/C20H22ClNO/c21-19-8-6-18(7-9-19)20(23)12-15-22-13-10-17(11-14-22)16-4-2-1-3-5-16/h1-10,20,23H,11-15H2. The van der Waals surface area contributed by atoms with Crippen LogP contribution in [0.2, 0.25) is 5.02 Å². The van der Waals surface area contributed by atoms with Gasteiger partial charge in [0.1, 0.15) is 0 Å². The molecule has 1 aliphatic heterocycles. The molecular weight excluding hydrogens is 306 g/mol. The predicted molar refractivity (Wildman–Crippen MR) is 96.5 cm³/mol. The fourth-order valence-electron chi connectivity index (χ4n) is 2.99. The van der Waals surface area contributed by atoms with Crippen molar-refractivity contribution < 1.29 is 5.11 Å². The van der Waals surface area contributed by atoms with Gasteiger partial charge in [-0.1, -0.05) is 60.1 Å². The molecule has 1 aliphatic rings. The van der Waals surface area contributed by atoms with E-state index in [1.54, 1.807) is 0 Å². The summed E-state index contributed by atoms with van der Waals surface area (Å²) >= 11 is 5.88. The zero-order chi connectivity index (χ0) is 16.1. The quantitative estimate of drug-likeness (QED) is 0.870. The summed E-state index contributed by atoms with van der Waals surface area (Å²) in [5.74, 6) is 0. The number of aliphatic hydroxyl groups excluding tert-OH is 1. The predicted octanol–water partition coefficient (Wildman–Crippen LogP) is 4.55. The fourth-order valence-corrected chi connectivity index (χ4v) is 3.11. The molecule has 2 aromatic carbocycles. The number of benzene rings is 2. The lowest BCUT2D eigenvalue weighted by molar-refractivity contribution is 0.145. The molecule has 0 spiro atoms. The summed E-state index contributed by atoms with van der Waals surface area (Å²) in [4.78, 5) is 2.39. The SMILES string of the molecule is OC(CCN1CC=C(c2ccccc2)CC1)c1ccc(Cl)cc1. The summed E-state index contributed by atoms with van der Waals surface area (Å²) in [7, 11) is 0. The van der Waals surface area contributed by atoms with Crippen LogP contribution in [0.4, 0.5) is 0 Å². The Hall–Kier alpha value is -1.61. The first kappa shape index (κ1) is 16.3. The third-order valence-electron chi connectivity index (χ3n) is 4.41. The average Bonchev–Trinajstić information content (AvgIpc) is 2.61. The number of hydrogen-bond donors (Lipinski definition) is 1. The lowest BCUT2D eigenvalue weighted by Gasteiger charge is -2.27. The van der Waals surface area contributed by atoms with Crippen LogP contribution >= 0.6 is 11.6 Å². The molecule has 0 bridgehead atoms. The fraction of sp³-hybridized carbons (Fsp3) is 0.300. The summed E-state index contributed by atoms with van der Waals surface area (Å²) in [5, 5.41) is 11.0. The van der Waals surface area contributed by atoms with Crippen molar-refractivity contribution >= 4 is 17.2 Å². The lowest BCUT2D eigenvalue weighted by atomic mass is 9.99. The molecule has 23 heavy (non-hydrogen) atoms. The maximum Gasteiger partial charge on any atom is 0.0802 e. The van der Waals surface area contributed by atoms with Crippen LogP contribution in [0, 0.1) is 0 Å². The number of nitrogens with zero attached hydrogens (tertiary/aromatic N) is 1. The van der Waals surface area contributed by atoms with Gasteiger partial charge in [-0.25, -0.2) is 0 Å². The maximum absolute atomic E-state index is 10.3. The molecule has 3 rings (SSSR count). The zero-order valence-corrected chi connectivity index (χ0v) is 13.9. The molecule has 2 nitrogen and oxygen atoms in total. The molecule has 0 fully saturated rings. The molecule has 1 heterocycles. The van der Waals surface area contributed by atoms with Crippen LogP contribution in [0.25, 0.3) is 5.57 Å². The number of halogens is 1. The van der Waals surface area contributed by atoms with Crippen LogP contribution in [-0.4, -0.2) is 29.6 Å². The van der Waals surface area contributed by atoms with E-state index in [4.69, 9.17) is 11.6 Å². The molecular formula is C20H22ClNO. The Balaban J connectivity index is 1.51. The summed E-state index contributed by atoms with van der Waals surface area (Å²) in [6.45, 7) is 2.91. The van der Waals surface area contributed by atoms with Gasteiger partial charge in [0.15, 0.2) is 0 Å². The largest absolute Gasteiger partial charge is 0.388 e. The normalized spacial score (nSPS) is 16.9. The van der Waals surface area contributed by atoms with Crippen molar-refractivity contribution in [3.63, 3.8) is 0 Å². The highest BCUT2D eigenvalue weighted by atomic mass is 35.5. The second kappa shape index (κ2) is 7.78. The molecule has 0 amide bonds. The first-order valence-corrected chi connectivity index (χ1v) is 8.50. The molecule has 120 valence electrons. The first-order valence-electron chi connectivity index (χ1n) is 8.13. The average molecular weight is 328 g/mol. The molecule has 0 aliphatic carbocycles. The maximum atomic E-state index is 10.3. The minimum atomic E-state index is -0.424. The van der Waals surface area contributed by atoms with Crippen molar-refractivity contribution in [3.05, 3.63) is 76.8 Å². The van der Waals surface area contributed by atoms with Gasteiger partial charge in [0.25, 0.3) is 0 Å². The van der Waals surface area contributed by atoms with Gasteiger partial charge in [0.05, 0.1) is 6.10 Å². The van der Waals surface area contributed by atoms with Crippen LogP contribution in [0.5, 0.6) is 0 Å². The van der Waals surface area contributed by atoms with Crippen molar-refractivity contribution in [3.8, 4) is 0 Å². The highest BCUT2D eigenvalue weighted by Crippen LogP contribution is 2.24. The monoisotopic (exact) mass is 327 g/mol. The minimum absolute atomic E-state index is 0.424. The Morgan fingerprint density at radius 2 is 1.78 bits per heavy atom. The molecule has 2 aromatic rings.